The molecule has 0 spiro atoms. The molecule has 0 unspecified atom stereocenters. The Morgan fingerprint density at radius 1 is 1.33 bits per heavy atom. The van der Waals surface area contributed by atoms with Crippen molar-refractivity contribution in [2.24, 2.45) is 0 Å². The molecule has 0 aliphatic carbocycles. The average molecular weight is 349 g/mol. The van der Waals surface area contributed by atoms with Crippen LogP contribution in [0, 0.1) is 20.8 Å². The third-order valence-electron chi connectivity index (χ3n) is 3.93. The van der Waals surface area contributed by atoms with Crippen LogP contribution in [0.5, 0.6) is 0 Å². The maximum absolute atomic E-state index is 12.4. The lowest BCUT2D eigenvalue weighted by atomic mass is 10.1. The predicted molar refractivity (Wildman–Crippen MR) is 95.3 cm³/mol. The minimum atomic E-state index is -0.531. The fourth-order valence-corrected chi connectivity index (χ4v) is 3.65. The zero-order valence-electron chi connectivity index (χ0n) is 14.9. The number of ketones is 1. The molecule has 2 aromatic heterocycles. The molecule has 0 aromatic carbocycles. The van der Waals surface area contributed by atoms with Gasteiger partial charge in [0.25, 0.3) is 0 Å². The summed E-state index contributed by atoms with van der Waals surface area (Å²) in [7, 11) is 1.72. The van der Waals surface area contributed by atoms with Gasteiger partial charge >= 0.3 is 5.97 Å². The maximum Gasteiger partial charge on any atom is 0.343 e. The lowest BCUT2D eigenvalue weighted by molar-refractivity contribution is 0.0475. The molecule has 0 aliphatic rings. The molecule has 0 bridgehead atoms. The van der Waals surface area contributed by atoms with Gasteiger partial charge in [0.2, 0.25) is 5.78 Å². The van der Waals surface area contributed by atoms with E-state index in [0.29, 0.717) is 21.8 Å². The topological polar surface area (TPSA) is 73.2 Å². The fraction of sp³-hybridized carbons (Fsp3) is 0.471. The summed E-state index contributed by atoms with van der Waals surface area (Å²) in [5.41, 5.74) is 3.51. The quantitative estimate of drug-likeness (QED) is 0.638. The van der Waals surface area contributed by atoms with Crippen molar-refractivity contribution in [3.8, 4) is 0 Å². The van der Waals surface area contributed by atoms with Gasteiger partial charge < -0.3 is 14.6 Å². The van der Waals surface area contributed by atoms with Crippen LogP contribution in [0.2, 0.25) is 0 Å². The van der Waals surface area contributed by atoms with Gasteiger partial charge in [-0.05, 0) is 52.2 Å². The number of Topliss-reactive ketones (excluding diaryl/α,β-unsaturated/α-hetero) is 1. The molecule has 24 heavy (non-hydrogen) atoms. The van der Waals surface area contributed by atoms with E-state index in [1.54, 1.807) is 14.0 Å². The Bertz CT molecular complexity index is 774. The number of rotatable bonds is 6. The van der Waals surface area contributed by atoms with Crippen LogP contribution in [0.4, 0.5) is 5.00 Å². The molecule has 0 amide bonds. The summed E-state index contributed by atoms with van der Waals surface area (Å²) < 4.78 is 11.5. The van der Waals surface area contributed by atoms with Crippen LogP contribution in [0.25, 0.3) is 0 Å². The molecule has 0 aliphatic heterocycles. The largest absolute Gasteiger partial charge is 0.454 e. The fourth-order valence-electron chi connectivity index (χ4n) is 2.92. The van der Waals surface area contributed by atoms with Gasteiger partial charge in [0, 0.05) is 30.0 Å². The summed E-state index contributed by atoms with van der Waals surface area (Å²) in [5.74, 6) is -0.730. The molecule has 130 valence electrons. The van der Waals surface area contributed by atoms with Gasteiger partial charge in [0.05, 0.1) is 5.69 Å². The van der Waals surface area contributed by atoms with Crippen LogP contribution in [0.15, 0.2) is 6.07 Å². The smallest absolute Gasteiger partial charge is 0.343 e. The lowest BCUT2D eigenvalue weighted by Crippen LogP contribution is -2.16. The van der Waals surface area contributed by atoms with E-state index in [2.05, 4.69) is 28.1 Å². The van der Waals surface area contributed by atoms with Crippen LogP contribution < -0.4 is 5.32 Å². The number of aromatic nitrogens is 2. The molecule has 2 rings (SSSR count). The van der Waals surface area contributed by atoms with Crippen molar-refractivity contribution in [3.05, 3.63) is 34.3 Å². The minimum absolute atomic E-state index is 0.199. The van der Waals surface area contributed by atoms with Gasteiger partial charge in [-0.3, -0.25) is 4.79 Å². The van der Waals surface area contributed by atoms with Crippen molar-refractivity contribution in [1.82, 2.24) is 8.94 Å². The second kappa shape index (κ2) is 7.17. The summed E-state index contributed by atoms with van der Waals surface area (Å²) in [6.07, 6.45) is 0. The van der Waals surface area contributed by atoms with Crippen LogP contribution in [-0.2, 0) is 4.74 Å². The molecule has 0 fully saturated rings. The molecule has 0 saturated heterocycles. The van der Waals surface area contributed by atoms with Crippen molar-refractivity contribution in [2.45, 2.75) is 40.7 Å². The van der Waals surface area contributed by atoms with E-state index in [0.717, 1.165) is 11.4 Å². The first-order valence-electron chi connectivity index (χ1n) is 7.80. The van der Waals surface area contributed by atoms with Crippen molar-refractivity contribution < 1.29 is 14.3 Å². The van der Waals surface area contributed by atoms with E-state index < -0.39 is 5.97 Å². The Kier molecular flexibility index (Phi) is 5.43. The van der Waals surface area contributed by atoms with Crippen molar-refractivity contribution in [2.75, 3.05) is 19.0 Å². The number of carbonyl (C=O) groups is 2. The highest BCUT2D eigenvalue weighted by atomic mass is 32.1. The zero-order chi connectivity index (χ0) is 18.0. The number of ether oxygens (including phenoxy) is 1. The molecule has 2 aromatic rings. The summed E-state index contributed by atoms with van der Waals surface area (Å²) in [4.78, 5) is 24.7. The molecule has 0 atom stereocenters. The zero-order valence-corrected chi connectivity index (χ0v) is 15.7. The number of hydrogen-bond acceptors (Lipinski definition) is 6. The molecule has 0 saturated carbocycles. The number of aryl methyl sites for hydroxylation is 2. The molecule has 6 nitrogen and oxygen atoms in total. The monoisotopic (exact) mass is 349 g/mol. The van der Waals surface area contributed by atoms with E-state index in [1.807, 2.05) is 19.9 Å². The van der Waals surface area contributed by atoms with E-state index in [-0.39, 0.29) is 18.4 Å². The third kappa shape index (κ3) is 3.36. The van der Waals surface area contributed by atoms with Gasteiger partial charge in [-0.2, -0.15) is 4.37 Å². The number of anilines is 1. The standard InChI is InChI=1S/C17H23N3O3S/c1-9(2)20-10(3)7-13(12(20)5)14(21)8-23-17(22)15-11(4)19-24-16(15)18-6/h7,9,18H,8H2,1-6H3. The van der Waals surface area contributed by atoms with Crippen molar-refractivity contribution in [3.63, 3.8) is 0 Å². The van der Waals surface area contributed by atoms with Gasteiger partial charge in [-0.25, -0.2) is 4.79 Å². The van der Waals surface area contributed by atoms with E-state index >= 15 is 0 Å². The van der Waals surface area contributed by atoms with E-state index in [9.17, 15) is 9.59 Å². The van der Waals surface area contributed by atoms with Crippen LogP contribution >= 0.6 is 11.5 Å². The number of esters is 1. The molecular weight excluding hydrogens is 326 g/mol. The number of nitrogens with zero attached hydrogens (tertiary/aromatic N) is 2. The van der Waals surface area contributed by atoms with Crippen molar-refractivity contribution >= 4 is 28.3 Å². The highest BCUT2D eigenvalue weighted by Gasteiger charge is 2.22. The summed E-state index contributed by atoms with van der Waals surface area (Å²) in [6.45, 7) is 9.48. The van der Waals surface area contributed by atoms with E-state index in [1.165, 1.54) is 11.5 Å². The first-order valence-corrected chi connectivity index (χ1v) is 8.58. The van der Waals surface area contributed by atoms with Crippen LogP contribution in [0.1, 0.15) is 57.7 Å². The van der Waals surface area contributed by atoms with Gasteiger partial charge in [0.1, 0.15) is 10.6 Å². The second-order valence-corrected chi connectivity index (χ2v) is 6.74. The van der Waals surface area contributed by atoms with Crippen molar-refractivity contribution in [1.29, 1.82) is 0 Å². The van der Waals surface area contributed by atoms with Gasteiger partial charge in [-0.15, -0.1) is 0 Å². The lowest BCUT2D eigenvalue weighted by Gasteiger charge is -2.13. The van der Waals surface area contributed by atoms with Crippen LogP contribution in [0.3, 0.4) is 0 Å². The Balaban J connectivity index is 2.13. The Morgan fingerprint density at radius 2 is 2.00 bits per heavy atom. The van der Waals surface area contributed by atoms with E-state index in [4.69, 9.17) is 4.74 Å². The Labute approximate surface area is 146 Å². The molecule has 7 heteroatoms. The predicted octanol–water partition coefficient (Wildman–Crippen LogP) is 3.53. The van der Waals surface area contributed by atoms with Gasteiger partial charge in [0.15, 0.2) is 6.61 Å². The van der Waals surface area contributed by atoms with Crippen LogP contribution in [-0.4, -0.2) is 34.3 Å². The SMILES string of the molecule is CNc1snc(C)c1C(=O)OCC(=O)c1cc(C)n(C(C)C)c1C. The maximum atomic E-state index is 12.4. The normalized spacial score (nSPS) is 11.0. The minimum Gasteiger partial charge on any atom is -0.454 e. The molecule has 2 heterocycles. The summed E-state index contributed by atoms with van der Waals surface area (Å²) >= 11 is 1.20. The Morgan fingerprint density at radius 3 is 2.54 bits per heavy atom. The Hall–Kier alpha value is -2.15. The average Bonchev–Trinajstić information content (AvgIpc) is 3.04. The number of hydrogen-bond donors (Lipinski definition) is 1. The molecular formula is C17H23N3O3S. The molecule has 1 N–H and O–H groups in total. The summed E-state index contributed by atoms with van der Waals surface area (Å²) in [5, 5.41) is 3.56. The second-order valence-electron chi connectivity index (χ2n) is 5.97. The first-order chi connectivity index (χ1) is 11.3. The highest BCUT2D eigenvalue weighted by molar-refractivity contribution is 7.10. The first kappa shape index (κ1) is 18.2. The number of carbonyl (C=O) groups excluding carboxylic acids is 2. The number of nitrogens with one attached hydrogen (secondary N) is 1. The summed E-state index contributed by atoms with van der Waals surface area (Å²) in [6, 6.07) is 2.12. The third-order valence-corrected chi connectivity index (χ3v) is 4.89. The molecule has 0 radical (unpaired) electrons. The highest BCUT2D eigenvalue weighted by Crippen LogP contribution is 2.25. The van der Waals surface area contributed by atoms with Gasteiger partial charge in [-0.1, -0.05) is 0 Å².